The normalized spacial score (nSPS) is 32.1. The largest absolute Gasteiger partial charge is 0.444 e. The summed E-state index contributed by atoms with van der Waals surface area (Å²) >= 11 is 0. The summed E-state index contributed by atoms with van der Waals surface area (Å²) in [6, 6.07) is 0.981. The second-order valence-corrected chi connectivity index (χ2v) is 8.79. The highest BCUT2D eigenvalue weighted by molar-refractivity contribution is 5.69. The fourth-order valence-corrected chi connectivity index (χ4v) is 4.50. The van der Waals surface area contributed by atoms with Crippen LogP contribution in [0.2, 0.25) is 0 Å². The van der Waals surface area contributed by atoms with Crippen LogP contribution >= 0.6 is 0 Å². The summed E-state index contributed by atoms with van der Waals surface area (Å²) in [5.74, 6) is 1.52. The minimum atomic E-state index is -0.401. The quantitative estimate of drug-likeness (QED) is 0.852. The molecule has 2 aliphatic carbocycles. The van der Waals surface area contributed by atoms with Crippen molar-refractivity contribution in [1.82, 2.24) is 10.2 Å². The van der Waals surface area contributed by atoms with Gasteiger partial charge < -0.3 is 15.0 Å². The van der Waals surface area contributed by atoms with Gasteiger partial charge in [0.05, 0.1) is 0 Å². The van der Waals surface area contributed by atoms with Crippen LogP contribution in [-0.2, 0) is 4.74 Å². The van der Waals surface area contributed by atoms with Gasteiger partial charge in [0.15, 0.2) is 0 Å². The van der Waals surface area contributed by atoms with Crippen molar-refractivity contribution in [3.05, 3.63) is 0 Å². The van der Waals surface area contributed by atoms with Crippen molar-refractivity contribution in [3.8, 4) is 0 Å². The Hall–Kier alpha value is -0.770. The molecule has 1 heterocycles. The first-order valence-electron chi connectivity index (χ1n) is 9.67. The molecule has 4 heteroatoms. The van der Waals surface area contributed by atoms with E-state index in [4.69, 9.17) is 4.74 Å². The Morgan fingerprint density at radius 2 is 1.83 bits per heavy atom. The van der Waals surface area contributed by atoms with Gasteiger partial charge in [0.25, 0.3) is 0 Å². The maximum Gasteiger partial charge on any atom is 0.410 e. The van der Waals surface area contributed by atoms with Crippen LogP contribution in [0.5, 0.6) is 0 Å². The molecular weight excluding hydrogens is 288 g/mol. The van der Waals surface area contributed by atoms with Gasteiger partial charge >= 0.3 is 6.09 Å². The van der Waals surface area contributed by atoms with Crippen molar-refractivity contribution in [1.29, 1.82) is 0 Å². The van der Waals surface area contributed by atoms with Gasteiger partial charge in [0.2, 0.25) is 0 Å². The van der Waals surface area contributed by atoms with Crippen LogP contribution in [0.25, 0.3) is 0 Å². The Labute approximate surface area is 141 Å². The molecule has 4 nitrogen and oxygen atoms in total. The van der Waals surface area contributed by atoms with E-state index in [1.807, 2.05) is 25.7 Å². The minimum absolute atomic E-state index is 0.107. The van der Waals surface area contributed by atoms with Gasteiger partial charge in [-0.15, -0.1) is 0 Å². The van der Waals surface area contributed by atoms with Crippen molar-refractivity contribution >= 4 is 6.09 Å². The molecule has 1 N–H and O–H groups in total. The summed E-state index contributed by atoms with van der Waals surface area (Å²) in [5.41, 5.74) is -0.401. The highest BCUT2D eigenvalue weighted by atomic mass is 16.6. The van der Waals surface area contributed by atoms with Crippen LogP contribution in [0.1, 0.15) is 72.1 Å². The fourth-order valence-electron chi connectivity index (χ4n) is 4.50. The summed E-state index contributed by atoms with van der Waals surface area (Å²) in [4.78, 5) is 14.6. The van der Waals surface area contributed by atoms with Crippen LogP contribution in [-0.4, -0.2) is 41.8 Å². The lowest BCUT2D eigenvalue weighted by Gasteiger charge is -2.35. The number of nitrogens with one attached hydrogen (secondary N) is 1. The SMILES string of the molecule is CC(C)(C)OC(=O)N1CCCC1C1CCCC1NCC1CCC1. The van der Waals surface area contributed by atoms with Crippen molar-refractivity contribution in [2.45, 2.75) is 89.8 Å². The zero-order chi connectivity index (χ0) is 16.4. The highest BCUT2D eigenvalue weighted by Crippen LogP contribution is 2.37. The molecule has 3 rings (SSSR count). The molecule has 0 spiro atoms. The van der Waals surface area contributed by atoms with E-state index >= 15 is 0 Å². The smallest absolute Gasteiger partial charge is 0.410 e. The molecule has 0 aromatic heterocycles. The van der Waals surface area contributed by atoms with Crippen molar-refractivity contribution in [2.75, 3.05) is 13.1 Å². The summed E-state index contributed by atoms with van der Waals surface area (Å²) < 4.78 is 5.64. The molecule has 3 atom stereocenters. The molecule has 0 aromatic carbocycles. The lowest BCUT2D eigenvalue weighted by atomic mass is 9.84. The van der Waals surface area contributed by atoms with E-state index in [1.54, 1.807) is 0 Å². The molecule has 1 saturated heterocycles. The zero-order valence-electron chi connectivity index (χ0n) is 15.1. The standard InChI is InChI=1S/C19H34N2O2/c1-19(2,3)23-18(22)21-12-6-11-17(21)15-9-5-10-16(15)20-13-14-7-4-8-14/h14-17,20H,4-13H2,1-3H3. The Morgan fingerprint density at radius 3 is 2.48 bits per heavy atom. The van der Waals surface area contributed by atoms with E-state index < -0.39 is 5.60 Å². The van der Waals surface area contributed by atoms with Gasteiger partial charge in [0, 0.05) is 18.6 Å². The number of hydrogen-bond acceptors (Lipinski definition) is 3. The lowest BCUT2D eigenvalue weighted by molar-refractivity contribution is 0.0165. The average molecular weight is 322 g/mol. The Morgan fingerprint density at radius 1 is 1.09 bits per heavy atom. The van der Waals surface area contributed by atoms with Crippen molar-refractivity contribution in [3.63, 3.8) is 0 Å². The molecule has 2 saturated carbocycles. The molecule has 132 valence electrons. The number of rotatable bonds is 4. The van der Waals surface area contributed by atoms with E-state index in [9.17, 15) is 4.79 Å². The van der Waals surface area contributed by atoms with Crippen LogP contribution in [0.4, 0.5) is 4.79 Å². The van der Waals surface area contributed by atoms with Gasteiger partial charge in [-0.25, -0.2) is 4.79 Å². The number of hydrogen-bond donors (Lipinski definition) is 1. The Balaban J connectivity index is 1.57. The van der Waals surface area contributed by atoms with Gasteiger partial charge in [-0.05, 0) is 77.7 Å². The first kappa shape index (κ1) is 17.1. The number of likely N-dealkylation sites (tertiary alicyclic amines) is 1. The first-order valence-corrected chi connectivity index (χ1v) is 9.67. The minimum Gasteiger partial charge on any atom is -0.444 e. The average Bonchev–Trinajstić information content (AvgIpc) is 3.02. The number of ether oxygens (including phenoxy) is 1. The third-order valence-corrected chi connectivity index (χ3v) is 5.88. The number of carbonyl (C=O) groups is 1. The topological polar surface area (TPSA) is 41.6 Å². The first-order chi connectivity index (χ1) is 10.9. The summed E-state index contributed by atoms with van der Waals surface area (Å²) in [5, 5.41) is 3.84. The summed E-state index contributed by atoms with van der Waals surface area (Å²) in [6.07, 6.45) is 10.2. The Kier molecular flexibility index (Phi) is 5.19. The second-order valence-electron chi connectivity index (χ2n) is 8.79. The van der Waals surface area contributed by atoms with Gasteiger partial charge in [-0.3, -0.25) is 0 Å². The molecule has 0 bridgehead atoms. The van der Waals surface area contributed by atoms with Crippen LogP contribution in [0.15, 0.2) is 0 Å². The van der Waals surface area contributed by atoms with E-state index in [0.29, 0.717) is 18.0 Å². The number of nitrogens with zero attached hydrogens (tertiary/aromatic N) is 1. The van der Waals surface area contributed by atoms with Crippen molar-refractivity contribution in [2.24, 2.45) is 11.8 Å². The third kappa shape index (κ3) is 4.20. The molecule has 0 aromatic rings. The predicted molar refractivity (Wildman–Crippen MR) is 92.4 cm³/mol. The summed E-state index contributed by atoms with van der Waals surface area (Å²) in [6.45, 7) is 7.91. The second kappa shape index (κ2) is 7.00. The molecule has 1 amide bonds. The summed E-state index contributed by atoms with van der Waals surface area (Å²) in [7, 11) is 0. The van der Waals surface area contributed by atoms with E-state index in [0.717, 1.165) is 25.3 Å². The van der Waals surface area contributed by atoms with Crippen molar-refractivity contribution < 1.29 is 9.53 Å². The van der Waals surface area contributed by atoms with Crippen LogP contribution < -0.4 is 5.32 Å². The van der Waals surface area contributed by atoms with E-state index in [2.05, 4.69) is 5.32 Å². The number of amides is 1. The van der Waals surface area contributed by atoms with E-state index in [-0.39, 0.29) is 6.09 Å². The maximum atomic E-state index is 12.5. The Bertz CT molecular complexity index is 414. The number of carbonyl (C=O) groups excluding carboxylic acids is 1. The van der Waals surface area contributed by atoms with Gasteiger partial charge in [-0.2, -0.15) is 0 Å². The molecular formula is C19H34N2O2. The van der Waals surface area contributed by atoms with E-state index in [1.165, 1.54) is 45.1 Å². The molecule has 23 heavy (non-hydrogen) atoms. The molecule has 1 aliphatic heterocycles. The van der Waals surface area contributed by atoms with Gasteiger partial charge in [-0.1, -0.05) is 12.8 Å². The fraction of sp³-hybridized carbons (Fsp3) is 0.947. The molecule has 3 unspecified atom stereocenters. The molecule has 3 fully saturated rings. The molecule has 3 aliphatic rings. The third-order valence-electron chi connectivity index (χ3n) is 5.88. The predicted octanol–water partition coefficient (Wildman–Crippen LogP) is 3.94. The highest BCUT2D eigenvalue weighted by Gasteiger charge is 2.42. The monoisotopic (exact) mass is 322 g/mol. The molecule has 0 radical (unpaired) electrons. The van der Waals surface area contributed by atoms with Gasteiger partial charge in [0.1, 0.15) is 5.60 Å². The van der Waals surface area contributed by atoms with Crippen LogP contribution in [0, 0.1) is 11.8 Å². The maximum absolute atomic E-state index is 12.5. The lowest BCUT2D eigenvalue weighted by Crippen LogP contribution is -2.48. The van der Waals surface area contributed by atoms with Crippen LogP contribution in [0.3, 0.4) is 0 Å². The zero-order valence-corrected chi connectivity index (χ0v) is 15.1.